The van der Waals surface area contributed by atoms with Crippen molar-refractivity contribution in [2.24, 2.45) is 0 Å². The van der Waals surface area contributed by atoms with Crippen LogP contribution in [0.2, 0.25) is 0 Å². The molecule has 0 heterocycles. The molecule has 0 atom stereocenters. The first-order valence-electron chi connectivity index (χ1n) is 48.3. The molecule has 0 radical (unpaired) electrons. The molecule has 0 N–H and O–H groups in total. The first-order valence-corrected chi connectivity index (χ1v) is 48.3. The largest absolute Gasteiger partial charge is 0.514 e. The second kappa shape index (κ2) is 59.6. The third kappa shape index (κ3) is 33.4. The second-order valence-electron chi connectivity index (χ2n) is 33.1. The third-order valence-corrected chi connectivity index (χ3v) is 22.8. The summed E-state index contributed by atoms with van der Waals surface area (Å²) in [4.78, 5) is 13.4. The molecule has 8 aromatic rings. The molecular weight excluding hydrogens is 1530 g/mol. The molecule has 678 valence electrons. The van der Waals surface area contributed by atoms with Crippen LogP contribution in [0, 0.1) is 0 Å². The molecule has 0 unspecified atom stereocenters. The average Bonchev–Trinajstić information content (AvgIpc) is 0.731. The monoisotopic (exact) mass is 1690 g/mol. The van der Waals surface area contributed by atoms with E-state index in [1.54, 1.807) is 14.2 Å². The van der Waals surface area contributed by atoms with Gasteiger partial charge in [0.1, 0.15) is 13.2 Å². The van der Waals surface area contributed by atoms with E-state index in [-0.39, 0.29) is 24.9 Å². The van der Waals surface area contributed by atoms with Crippen molar-refractivity contribution in [2.45, 2.75) is 325 Å². The van der Waals surface area contributed by atoms with E-state index in [1.165, 1.54) is 38.5 Å². The molecule has 8 rings (SSSR count). The fourth-order valence-electron chi connectivity index (χ4n) is 15.7. The van der Waals surface area contributed by atoms with Gasteiger partial charge in [-0.3, -0.25) is 0 Å². The summed E-state index contributed by atoms with van der Waals surface area (Å²) < 4.78 is 102. The van der Waals surface area contributed by atoms with Crippen LogP contribution >= 0.6 is 0 Å². The molecule has 0 bridgehead atoms. The van der Waals surface area contributed by atoms with Gasteiger partial charge in [-0.05, 0) is 208 Å². The predicted octanol–water partition coefficient (Wildman–Crippen LogP) is 30.3. The minimum atomic E-state index is -0.826. The van der Waals surface area contributed by atoms with Crippen molar-refractivity contribution < 1.29 is 80.6 Å². The molecule has 0 saturated heterocycles. The van der Waals surface area contributed by atoms with Gasteiger partial charge < -0.3 is 75.8 Å². The second-order valence-corrected chi connectivity index (χ2v) is 33.1. The Labute approximate surface area is 733 Å². The standard InChI is InChI=1S/C105H156O17/c1-12-20-28-44-54-110-93-70-83-81-68-97(95(112-56-46-30-22-14-3)72-85(81)89-76-101(118-60-50-34-26-18-7)103(121-80(9)109-66-64-107-10)78-91(89)87(83)74-99(93)114-58-48-32-24-16-5)116-62-52-42-40-38-36-37-39-41-43-53-63-117-98-69-82-84-71-94(111-55-45-29-21-13-2)100(115-59-49-33-25-17-6)75-88(84)92-79-104(122-105(106)120-67-65-108-11)102(119-61-51-35-27-19-8)77-90(92)86(82)73-96(98)113-57-47-31-23-15-4/h68-79H,9,12-67H2,1-8,10-11H3. The Morgan fingerprint density at radius 3 is 0.541 bits per heavy atom. The highest BCUT2D eigenvalue weighted by molar-refractivity contribution is 6.28. The van der Waals surface area contributed by atoms with Crippen molar-refractivity contribution in [2.75, 3.05) is 107 Å². The molecule has 17 heteroatoms. The first kappa shape index (κ1) is 99.3. The van der Waals surface area contributed by atoms with E-state index in [0.717, 1.165) is 325 Å². The van der Waals surface area contributed by atoms with Crippen LogP contribution in [-0.4, -0.2) is 113 Å². The van der Waals surface area contributed by atoms with Crippen LogP contribution < -0.4 is 56.8 Å². The Balaban J connectivity index is 0.998. The van der Waals surface area contributed by atoms with Crippen molar-refractivity contribution in [1.29, 1.82) is 0 Å². The number of carbonyl (C=O) groups excluding carboxylic acids is 1. The quantitative estimate of drug-likeness (QED) is 0.0116. The number of ether oxygens (including phenoxy) is 16. The van der Waals surface area contributed by atoms with Crippen molar-refractivity contribution in [3.05, 3.63) is 85.3 Å². The molecular formula is C105H156O17. The van der Waals surface area contributed by atoms with Crippen molar-refractivity contribution >= 4 is 70.8 Å². The van der Waals surface area contributed by atoms with E-state index in [0.29, 0.717) is 114 Å². The van der Waals surface area contributed by atoms with E-state index < -0.39 is 6.16 Å². The molecule has 122 heavy (non-hydrogen) atoms. The Morgan fingerprint density at radius 2 is 0.352 bits per heavy atom. The average molecular weight is 1690 g/mol. The minimum absolute atomic E-state index is 0.0557. The molecule has 0 aliphatic carbocycles. The number of carbonyl (C=O) groups is 1. The zero-order valence-corrected chi connectivity index (χ0v) is 77.2. The van der Waals surface area contributed by atoms with Crippen LogP contribution in [0.5, 0.6) is 69.0 Å². The zero-order valence-electron chi connectivity index (χ0n) is 77.2. The fourth-order valence-corrected chi connectivity index (χ4v) is 15.7. The number of benzene rings is 8. The zero-order chi connectivity index (χ0) is 86.4. The van der Waals surface area contributed by atoms with E-state index in [4.69, 9.17) is 75.8 Å². The highest BCUT2D eigenvalue weighted by Crippen LogP contribution is 2.50. The summed E-state index contributed by atoms with van der Waals surface area (Å²) in [5, 5.41) is 11.7. The normalized spacial score (nSPS) is 11.5. The molecule has 0 saturated carbocycles. The summed E-state index contributed by atoms with van der Waals surface area (Å²) in [6, 6.07) is 25.6. The van der Waals surface area contributed by atoms with Crippen molar-refractivity contribution in [3.8, 4) is 69.0 Å². The number of unbranched alkanes of at least 4 members (excludes halogenated alkanes) is 33. The lowest BCUT2D eigenvalue weighted by Gasteiger charge is -2.21. The summed E-state index contributed by atoms with van der Waals surface area (Å²) in [5.41, 5.74) is 0. The Bertz CT molecular complexity index is 3970. The van der Waals surface area contributed by atoms with Gasteiger partial charge in [-0.1, -0.05) is 261 Å². The van der Waals surface area contributed by atoms with Gasteiger partial charge in [-0.25, -0.2) is 4.79 Å². The molecule has 8 aromatic carbocycles. The van der Waals surface area contributed by atoms with Crippen LogP contribution in [0.3, 0.4) is 0 Å². The lowest BCUT2D eigenvalue weighted by Crippen LogP contribution is -2.14. The van der Waals surface area contributed by atoms with Gasteiger partial charge in [0.05, 0.1) is 79.3 Å². The molecule has 0 fully saturated rings. The maximum atomic E-state index is 13.4. The molecule has 0 spiro atoms. The van der Waals surface area contributed by atoms with Gasteiger partial charge in [-0.15, -0.1) is 0 Å². The van der Waals surface area contributed by atoms with E-state index in [2.05, 4.69) is 123 Å². The SMILES string of the molecule is C=C(OCCOC)Oc1cc2c3cc(OCCCCCC)c(OCCCCCC)cc3c3cc(OCCCCCCCCCCCCOc4cc5c6cc(OCCCCCC)c(OCCCCCC)cc6c6cc(OC(=O)OCCOC)c(OCCCCCC)cc6c5cc4OCCCCCC)c(OCCCCCC)cc3c2cc1OCCCCCC. The van der Waals surface area contributed by atoms with Gasteiger partial charge in [0.2, 0.25) is 0 Å². The van der Waals surface area contributed by atoms with Crippen LogP contribution in [0.25, 0.3) is 64.6 Å². The number of fused-ring (bicyclic) bond motifs is 12. The van der Waals surface area contributed by atoms with Gasteiger partial charge >= 0.3 is 6.16 Å². The van der Waals surface area contributed by atoms with Crippen LogP contribution in [0.1, 0.15) is 325 Å². The summed E-state index contributed by atoms with van der Waals surface area (Å²) in [5.74, 6) is 7.86. The van der Waals surface area contributed by atoms with Crippen molar-refractivity contribution in [1.82, 2.24) is 0 Å². The molecule has 17 nitrogen and oxygen atoms in total. The lowest BCUT2D eigenvalue weighted by molar-refractivity contribution is 0.0604. The summed E-state index contributed by atoms with van der Waals surface area (Å²) in [7, 11) is 3.22. The number of hydrogen-bond acceptors (Lipinski definition) is 17. The molecule has 0 aliphatic heterocycles. The van der Waals surface area contributed by atoms with Gasteiger partial charge in [0, 0.05) is 14.2 Å². The van der Waals surface area contributed by atoms with E-state index >= 15 is 0 Å². The highest BCUT2D eigenvalue weighted by atomic mass is 16.7. The van der Waals surface area contributed by atoms with Gasteiger partial charge in [0.15, 0.2) is 69.0 Å². The van der Waals surface area contributed by atoms with Gasteiger partial charge in [-0.2, -0.15) is 0 Å². The Morgan fingerprint density at radius 1 is 0.197 bits per heavy atom. The third-order valence-electron chi connectivity index (χ3n) is 22.8. The predicted molar refractivity (Wildman–Crippen MR) is 504 cm³/mol. The number of methoxy groups -OCH3 is 2. The topological polar surface area (TPSA) is 165 Å². The van der Waals surface area contributed by atoms with Crippen LogP contribution in [-0.2, 0) is 18.9 Å². The van der Waals surface area contributed by atoms with Crippen LogP contribution in [0.15, 0.2) is 85.3 Å². The molecule has 0 aromatic heterocycles. The fraction of sp³-hybridized carbons (Fsp3) is 0.629. The Kier molecular flexibility index (Phi) is 48.5. The highest BCUT2D eigenvalue weighted by Gasteiger charge is 2.25. The lowest BCUT2D eigenvalue weighted by atomic mass is 9.93. The van der Waals surface area contributed by atoms with Crippen molar-refractivity contribution in [3.63, 3.8) is 0 Å². The van der Waals surface area contributed by atoms with Gasteiger partial charge in [0.25, 0.3) is 5.95 Å². The van der Waals surface area contributed by atoms with E-state index in [1.807, 2.05) is 12.1 Å². The number of hydrogen-bond donors (Lipinski definition) is 0. The minimum Gasteiger partial charge on any atom is -0.490 e. The molecule has 0 aliphatic rings. The summed E-state index contributed by atoms with van der Waals surface area (Å²) in [6.07, 6.45) is 44.7. The first-order chi connectivity index (χ1) is 60.1. The molecule has 0 amide bonds. The smallest absolute Gasteiger partial charge is 0.490 e. The van der Waals surface area contributed by atoms with E-state index in [9.17, 15) is 4.79 Å². The Hall–Kier alpha value is -8.15. The van der Waals surface area contributed by atoms with Crippen LogP contribution in [0.4, 0.5) is 4.79 Å². The summed E-state index contributed by atoms with van der Waals surface area (Å²) in [6.45, 7) is 28.6. The number of rotatable bonds is 73. The maximum Gasteiger partial charge on any atom is 0.514 e. The maximum absolute atomic E-state index is 13.4. The summed E-state index contributed by atoms with van der Waals surface area (Å²) >= 11 is 0.